The van der Waals surface area contributed by atoms with Crippen LogP contribution in [0.3, 0.4) is 0 Å². The molecule has 5 nitrogen and oxygen atoms in total. The monoisotopic (exact) mass is 1200 g/mol. The molecule has 0 aliphatic carbocycles. The zero-order valence-electron chi connectivity index (χ0n) is 53.4. The normalized spacial score (nSPS) is 12.2. The van der Waals surface area contributed by atoms with Crippen LogP contribution in [-0.2, 0) is 16.2 Å². The third-order valence-corrected chi connectivity index (χ3v) is 19.0. The number of furan rings is 1. The van der Waals surface area contributed by atoms with E-state index in [0.717, 1.165) is 100 Å². The fraction of sp³-hybridized carbons (Fsp3) is 0.195. The van der Waals surface area contributed by atoms with Crippen molar-refractivity contribution >= 4 is 133 Å². The van der Waals surface area contributed by atoms with Gasteiger partial charge in [-0.2, -0.15) is 0 Å². The maximum atomic E-state index is 8.59. The van der Waals surface area contributed by atoms with E-state index in [-0.39, 0.29) is 16.2 Å². The largest absolute Gasteiger partial charge is 0.454 e. The molecular weight excluding hydrogens is 1120 g/mol. The van der Waals surface area contributed by atoms with Crippen molar-refractivity contribution in [1.29, 1.82) is 0 Å². The van der Waals surface area contributed by atoms with Gasteiger partial charge in [0.25, 0.3) is 0 Å². The van der Waals surface area contributed by atoms with Crippen molar-refractivity contribution in [3.05, 3.63) is 274 Å². The number of hydrogen-bond acceptors (Lipinski definition) is 6. The number of rotatable bonds is 12. The Hall–Kier alpha value is -9.07. The maximum Gasteiger partial charge on any atom is 0.161 e. The molecule has 13 rings (SSSR count). The van der Waals surface area contributed by atoms with Crippen molar-refractivity contribution in [2.75, 3.05) is 19.6 Å². The average molecular weight is 1200 g/mol. The molecule has 0 atom stereocenters. The highest BCUT2D eigenvalue weighted by Gasteiger charge is 2.33. The maximum absolute atomic E-state index is 8.59. The molecule has 0 unspecified atom stereocenters. The molecule has 0 bridgehead atoms. The Morgan fingerprint density at radius 2 is 0.674 bits per heavy atom. The molecule has 2 heterocycles. The van der Waals surface area contributed by atoms with Crippen molar-refractivity contribution < 1.29 is 4.42 Å². The number of anilines is 12. The second-order valence-corrected chi connectivity index (χ2v) is 28.6. The molecule has 0 aliphatic rings. The molecule has 444 valence electrons. The third-order valence-electron chi connectivity index (χ3n) is 17.5. The van der Waals surface area contributed by atoms with Crippen LogP contribution >= 0.6 is 22.9 Å². The van der Waals surface area contributed by atoms with E-state index >= 15 is 0 Å². The van der Waals surface area contributed by atoms with Crippen LogP contribution in [0.25, 0.3) is 42.1 Å². The summed E-state index contributed by atoms with van der Waals surface area (Å²) in [5.41, 5.74) is 21.4. The van der Waals surface area contributed by atoms with Gasteiger partial charge in [0.2, 0.25) is 0 Å². The summed E-state index contributed by atoms with van der Waals surface area (Å²) in [5, 5.41) is 4.97. The zero-order valence-corrected chi connectivity index (χ0v) is 55.0. The number of para-hydroxylation sites is 1. The van der Waals surface area contributed by atoms with Crippen molar-refractivity contribution in [2.24, 2.45) is 0 Å². The van der Waals surface area contributed by atoms with Crippen molar-refractivity contribution in [3.8, 4) is 0 Å². The molecule has 0 saturated heterocycles. The van der Waals surface area contributed by atoms with Gasteiger partial charge in [-0.25, -0.2) is 0 Å². The van der Waals surface area contributed by atoms with E-state index in [0.29, 0.717) is 5.02 Å². The van der Waals surface area contributed by atoms with Crippen LogP contribution in [-0.4, -0.2) is 0 Å². The van der Waals surface area contributed by atoms with Gasteiger partial charge in [0.05, 0.1) is 49.2 Å². The Morgan fingerprint density at radius 1 is 0.326 bits per heavy atom. The Balaban J connectivity index is 1.11. The Bertz CT molecular complexity index is 4360. The van der Waals surface area contributed by atoms with Gasteiger partial charge in [-0.3, -0.25) is 0 Å². The highest BCUT2D eigenvalue weighted by molar-refractivity contribution is 7.26. The lowest BCUT2D eigenvalue weighted by atomic mass is 9.85. The molecule has 11 aromatic carbocycles. The second-order valence-electron chi connectivity index (χ2n) is 27.2. The van der Waals surface area contributed by atoms with Crippen molar-refractivity contribution in [2.45, 2.75) is 106 Å². The highest BCUT2D eigenvalue weighted by Crippen LogP contribution is 2.56. The summed E-state index contributed by atoms with van der Waals surface area (Å²) in [6, 6.07) is 84.7. The lowest BCUT2D eigenvalue weighted by Gasteiger charge is -2.35. The van der Waals surface area contributed by atoms with Gasteiger partial charge in [-0.15, -0.1) is 11.3 Å². The molecule has 0 aliphatic heterocycles. The van der Waals surface area contributed by atoms with E-state index in [1.165, 1.54) is 48.9 Å². The first-order valence-corrected chi connectivity index (χ1v) is 32.2. The first kappa shape index (κ1) is 58.9. The summed E-state index contributed by atoms with van der Waals surface area (Å²) in [7, 11) is 0. The van der Waals surface area contributed by atoms with Gasteiger partial charge in [0.15, 0.2) is 5.58 Å². The topological polar surface area (TPSA) is 26.1 Å². The fourth-order valence-electron chi connectivity index (χ4n) is 12.3. The molecule has 0 radical (unpaired) electrons. The number of thiophene rings is 1. The molecule has 7 heteroatoms. The van der Waals surface area contributed by atoms with Crippen LogP contribution in [0.1, 0.15) is 101 Å². The van der Waals surface area contributed by atoms with Gasteiger partial charge in [0.1, 0.15) is 5.58 Å². The molecular formula is C82H77ClN4OS. The van der Waals surface area contributed by atoms with Gasteiger partial charge in [0, 0.05) is 55.0 Å². The van der Waals surface area contributed by atoms with Gasteiger partial charge in [-0.1, -0.05) is 205 Å². The highest BCUT2D eigenvalue weighted by atomic mass is 35.5. The van der Waals surface area contributed by atoms with Gasteiger partial charge < -0.3 is 24.0 Å². The minimum atomic E-state index is -0.335. The lowest BCUT2D eigenvalue weighted by molar-refractivity contribution is 0.589. The number of halogens is 1. The standard InChI is InChI=1S/C82H77ClN4OS/c1-52-22-34-59(35-23-52)84(60-36-24-53(2)25-37-60)67-46-48-69(78-75(67)65-18-14-16-20-73(65)88-78)86(63-42-30-56(31-43-63)80(5,6)7)71-50-58(82(11,12)13)51-72(77(71)83)87(64-44-32-57(33-45-64)81(8,9)10)70-49-47-68(76-66-19-15-17-21-74(66)89-79(70)76)85(61-38-26-54(3)27-39-61)62-40-28-55(4)29-41-62/h14-51H,1-13H3. The van der Waals surface area contributed by atoms with E-state index < -0.39 is 0 Å². The summed E-state index contributed by atoms with van der Waals surface area (Å²) < 4.78 is 9.69. The Kier molecular flexibility index (Phi) is 15.1. The number of nitrogens with zero attached hydrogens (tertiary/aromatic N) is 4. The second kappa shape index (κ2) is 22.8. The summed E-state index contributed by atoms with van der Waals surface area (Å²) in [4.78, 5) is 9.57. The average Bonchev–Trinajstić information content (AvgIpc) is 1.70. The molecule has 0 amide bonds. The van der Waals surface area contributed by atoms with E-state index in [9.17, 15) is 0 Å². The number of hydrogen-bond donors (Lipinski definition) is 0. The van der Waals surface area contributed by atoms with Gasteiger partial charge >= 0.3 is 0 Å². The summed E-state index contributed by atoms with van der Waals surface area (Å²) in [5.74, 6) is 0. The van der Waals surface area contributed by atoms with E-state index in [1.807, 2.05) is 11.3 Å². The van der Waals surface area contributed by atoms with Crippen LogP contribution in [0, 0.1) is 27.7 Å². The van der Waals surface area contributed by atoms with Crippen LogP contribution in [0.2, 0.25) is 5.02 Å². The predicted molar refractivity (Wildman–Crippen MR) is 385 cm³/mol. The summed E-state index contributed by atoms with van der Waals surface area (Å²) in [6.45, 7) is 29.1. The molecule has 13 aromatic rings. The fourth-order valence-corrected chi connectivity index (χ4v) is 13.8. The lowest BCUT2D eigenvalue weighted by Crippen LogP contribution is -2.19. The SMILES string of the molecule is Cc1ccc(N(c2ccc(C)cc2)c2ccc(N(c3ccc(C(C)(C)C)cc3)c3cc(C(C)(C)C)cc(N(c4ccc(C(C)(C)C)cc4)c4ccc(N(c5ccc(C)cc5)c5ccc(C)cc5)c5c4sc4ccccc45)c3Cl)c3oc4ccccc4c23)cc1. The van der Waals surface area contributed by atoms with Crippen molar-refractivity contribution in [3.63, 3.8) is 0 Å². The first-order chi connectivity index (χ1) is 42.6. The predicted octanol–water partition coefficient (Wildman–Crippen LogP) is 25.6. The Morgan fingerprint density at radius 3 is 1.11 bits per heavy atom. The Labute approximate surface area is 534 Å². The number of aryl methyl sites for hydroxylation is 4. The van der Waals surface area contributed by atoms with Crippen LogP contribution < -0.4 is 19.6 Å². The van der Waals surface area contributed by atoms with Crippen LogP contribution in [0.15, 0.2) is 235 Å². The third kappa shape index (κ3) is 11.1. The van der Waals surface area contributed by atoms with E-state index in [2.05, 4.69) is 340 Å². The summed E-state index contributed by atoms with van der Waals surface area (Å²) >= 11 is 10.4. The molecule has 2 aromatic heterocycles. The molecule has 0 fully saturated rings. The zero-order chi connectivity index (χ0) is 62.3. The molecule has 0 spiro atoms. The quantitative estimate of drug-likeness (QED) is 0.121. The molecule has 0 N–H and O–H groups in total. The van der Waals surface area contributed by atoms with Crippen LogP contribution in [0.5, 0.6) is 0 Å². The van der Waals surface area contributed by atoms with E-state index in [1.54, 1.807) is 0 Å². The molecule has 89 heavy (non-hydrogen) atoms. The van der Waals surface area contributed by atoms with Crippen LogP contribution in [0.4, 0.5) is 68.2 Å². The van der Waals surface area contributed by atoms with E-state index in [4.69, 9.17) is 16.0 Å². The van der Waals surface area contributed by atoms with Gasteiger partial charge in [-0.05, 0) is 182 Å². The number of benzene rings is 11. The first-order valence-electron chi connectivity index (χ1n) is 31.0. The summed E-state index contributed by atoms with van der Waals surface area (Å²) in [6.07, 6.45) is 0. The smallest absolute Gasteiger partial charge is 0.161 e. The minimum absolute atomic E-state index is 0.0754. The minimum Gasteiger partial charge on any atom is -0.454 e. The molecule has 0 saturated carbocycles. The number of fused-ring (bicyclic) bond motifs is 6. The van der Waals surface area contributed by atoms with Crippen molar-refractivity contribution in [1.82, 2.24) is 0 Å².